The van der Waals surface area contributed by atoms with Gasteiger partial charge in [0.05, 0.1) is 0 Å². The van der Waals surface area contributed by atoms with Gasteiger partial charge in [-0.3, -0.25) is 10.0 Å². The maximum atomic E-state index is 11.0. The minimum Gasteiger partial charge on any atom is -0.412 e. The fourth-order valence-corrected chi connectivity index (χ4v) is 3.06. The van der Waals surface area contributed by atoms with Crippen LogP contribution in [0.25, 0.3) is 17.0 Å². The first-order valence-corrected chi connectivity index (χ1v) is 8.65. The number of nitrogens with one attached hydrogen (secondary N) is 3. The van der Waals surface area contributed by atoms with Crippen LogP contribution in [0.1, 0.15) is 22.4 Å². The van der Waals surface area contributed by atoms with Crippen molar-refractivity contribution in [2.24, 2.45) is 0 Å². The maximum Gasteiger partial charge on any atom is 0.267 e. The van der Waals surface area contributed by atoms with E-state index in [2.05, 4.69) is 41.5 Å². The Labute approximate surface area is 158 Å². The minimum absolute atomic E-state index is 0. The average molecular weight is 367 g/mol. The molecule has 0 unspecified atom stereocenters. The van der Waals surface area contributed by atoms with Crippen molar-refractivity contribution in [1.82, 2.24) is 15.8 Å². The number of aromatic amines is 1. The molecule has 1 amide bonds. The van der Waals surface area contributed by atoms with E-state index in [4.69, 9.17) is 5.21 Å². The summed E-state index contributed by atoms with van der Waals surface area (Å²) in [6.07, 6.45) is 3.92. The summed E-state index contributed by atoms with van der Waals surface area (Å²) < 4.78 is 0. The van der Waals surface area contributed by atoms with Gasteiger partial charge < -0.3 is 15.8 Å². The number of aryl methyl sites for hydroxylation is 1. The van der Waals surface area contributed by atoms with Crippen molar-refractivity contribution in [2.75, 3.05) is 6.54 Å². The number of carbonyl (C=O) groups excluding carboxylic acids is 1. The number of carbonyl (C=O) groups is 1. The van der Waals surface area contributed by atoms with Gasteiger partial charge in [-0.2, -0.15) is 0 Å². The van der Waals surface area contributed by atoms with Crippen molar-refractivity contribution < 1.29 is 15.5 Å². The Kier molecular flexibility index (Phi) is 7.31. The van der Waals surface area contributed by atoms with Gasteiger partial charge in [-0.15, -0.1) is 0 Å². The van der Waals surface area contributed by atoms with E-state index in [0.717, 1.165) is 25.1 Å². The smallest absolute Gasteiger partial charge is 0.267 e. The molecule has 0 fully saturated rings. The van der Waals surface area contributed by atoms with Crippen LogP contribution in [0, 0.1) is 6.92 Å². The summed E-state index contributed by atoms with van der Waals surface area (Å²) in [5, 5.41) is 13.2. The summed E-state index contributed by atoms with van der Waals surface area (Å²) in [6, 6.07) is 16.4. The molecule has 3 aromatic rings. The number of rotatable bonds is 7. The Balaban J connectivity index is 0.00000261. The highest BCUT2D eigenvalue weighted by atomic mass is 16.5. The Hall–Kier alpha value is -2.93. The molecule has 0 aliphatic heterocycles. The largest absolute Gasteiger partial charge is 0.412 e. The zero-order valence-corrected chi connectivity index (χ0v) is 15.3. The van der Waals surface area contributed by atoms with Crippen LogP contribution in [-0.4, -0.2) is 28.1 Å². The molecule has 0 aliphatic carbocycles. The normalized spacial score (nSPS) is 10.9. The summed E-state index contributed by atoms with van der Waals surface area (Å²) in [6.45, 7) is 3.82. The van der Waals surface area contributed by atoms with Crippen LogP contribution in [0.5, 0.6) is 0 Å². The van der Waals surface area contributed by atoms with Crippen molar-refractivity contribution in [2.45, 2.75) is 19.9 Å². The molecule has 0 aliphatic rings. The molecule has 0 bridgehead atoms. The quantitative estimate of drug-likeness (QED) is 0.223. The Morgan fingerprint density at radius 2 is 1.89 bits per heavy atom. The average Bonchev–Trinajstić information content (AvgIpc) is 2.99. The van der Waals surface area contributed by atoms with Gasteiger partial charge in [0.1, 0.15) is 0 Å². The van der Waals surface area contributed by atoms with Crippen LogP contribution < -0.4 is 10.8 Å². The number of aromatic nitrogens is 1. The van der Waals surface area contributed by atoms with Gasteiger partial charge in [0.2, 0.25) is 0 Å². The summed E-state index contributed by atoms with van der Waals surface area (Å²) >= 11 is 0. The molecule has 0 saturated carbocycles. The number of hydroxylamine groups is 1. The van der Waals surface area contributed by atoms with Gasteiger partial charge in [-0.1, -0.05) is 42.5 Å². The van der Waals surface area contributed by atoms with Crippen molar-refractivity contribution >= 4 is 22.9 Å². The number of amides is 1. The number of H-pyrrole nitrogens is 1. The van der Waals surface area contributed by atoms with Gasteiger partial charge >= 0.3 is 0 Å². The molecule has 27 heavy (non-hydrogen) atoms. The molecule has 0 spiro atoms. The van der Waals surface area contributed by atoms with Gasteiger partial charge in [0.25, 0.3) is 5.91 Å². The lowest BCUT2D eigenvalue weighted by Gasteiger charge is -2.06. The second-order valence-electron chi connectivity index (χ2n) is 6.25. The first-order valence-electron chi connectivity index (χ1n) is 8.65. The summed E-state index contributed by atoms with van der Waals surface area (Å²) in [4.78, 5) is 14.4. The fraction of sp³-hybridized carbons (Fsp3) is 0.190. The van der Waals surface area contributed by atoms with Gasteiger partial charge in [0, 0.05) is 29.2 Å². The Morgan fingerprint density at radius 3 is 2.63 bits per heavy atom. The highest BCUT2D eigenvalue weighted by Crippen LogP contribution is 2.21. The SMILES string of the molecule is Cc1[nH]c2ccccc2c1CCNCc1ccc(/C=C/C(=O)NO)cc1.O. The molecule has 6 nitrogen and oxygen atoms in total. The molecule has 142 valence electrons. The van der Waals surface area contributed by atoms with Gasteiger partial charge in [0.15, 0.2) is 0 Å². The van der Waals surface area contributed by atoms with E-state index in [1.165, 1.54) is 33.8 Å². The Bertz CT molecular complexity index is 914. The molecule has 0 saturated heterocycles. The molecular weight excluding hydrogens is 342 g/mol. The third-order valence-electron chi connectivity index (χ3n) is 4.42. The first-order chi connectivity index (χ1) is 12.7. The predicted molar refractivity (Wildman–Crippen MR) is 107 cm³/mol. The van der Waals surface area contributed by atoms with Crippen LogP contribution in [0.4, 0.5) is 0 Å². The summed E-state index contributed by atoms with van der Waals surface area (Å²) in [5.74, 6) is -0.539. The molecule has 0 atom stereocenters. The van der Waals surface area contributed by atoms with Crippen molar-refractivity contribution in [1.29, 1.82) is 0 Å². The molecule has 0 radical (unpaired) electrons. The van der Waals surface area contributed by atoms with Crippen molar-refractivity contribution in [3.05, 3.63) is 77.0 Å². The predicted octanol–water partition coefficient (Wildman–Crippen LogP) is 2.50. The monoisotopic (exact) mass is 367 g/mol. The first kappa shape index (κ1) is 20.4. The second kappa shape index (κ2) is 9.68. The summed E-state index contributed by atoms with van der Waals surface area (Å²) in [5.41, 5.74) is 7.46. The molecule has 2 aromatic carbocycles. The van der Waals surface area contributed by atoms with Crippen molar-refractivity contribution in [3.8, 4) is 0 Å². The molecule has 6 heteroatoms. The number of hydrogen-bond donors (Lipinski definition) is 4. The lowest BCUT2D eigenvalue weighted by atomic mass is 10.1. The molecule has 1 aromatic heterocycles. The lowest BCUT2D eigenvalue weighted by Crippen LogP contribution is -2.16. The topological polar surface area (TPSA) is 109 Å². The zero-order chi connectivity index (χ0) is 18.4. The molecule has 6 N–H and O–H groups in total. The van der Waals surface area contributed by atoms with Gasteiger partial charge in [-0.25, -0.2) is 5.48 Å². The standard InChI is InChI=1S/C21H23N3O2.H2O/c1-15-18(19-4-2-3-5-20(19)23-15)12-13-22-14-17-8-6-16(7-9-17)10-11-21(25)24-26;/h2-11,22-23,26H,12-14H2,1H3,(H,24,25);1H2/b11-10+;. The molecular formula is C21H25N3O3. The van der Waals surface area contributed by atoms with E-state index in [1.54, 1.807) is 11.6 Å². The minimum atomic E-state index is -0.539. The Morgan fingerprint density at radius 1 is 1.15 bits per heavy atom. The lowest BCUT2D eigenvalue weighted by molar-refractivity contribution is -0.124. The number of hydrogen-bond acceptors (Lipinski definition) is 3. The number of fused-ring (bicyclic) bond motifs is 1. The van der Waals surface area contributed by atoms with E-state index >= 15 is 0 Å². The van der Waals surface area contributed by atoms with E-state index < -0.39 is 5.91 Å². The van der Waals surface area contributed by atoms with E-state index in [0.29, 0.717) is 0 Å². The molecule has 1 heterocycles. The number of para-hydroxylation sites is 1. The van der Waals surface area contributed by atoms with E-state index in [-0.39, 0.29) is 5.48 Å². The van der Waals surface area contributed by atoms with Gasteiger partial charge in [-0.05, 0) is 48.7 Å². The van der Waals surface area contributed by atoms with Crippen molar-refractivity contribution in [3.63, 3.8) is 0 Å². The van der Waals surface area contributed by atoms with Crippen LogP contribution in [0.3, 0.4) is 0 Å². The third kappa shape index (κ3) is 5.27. The molecule has 3 rings (SSSR count). The second-order valence-corrected chi connectivity index (χ2v) is 6.25. The zero-order valence-electron chi connectivity index (χ0n) is 15.3. The summed E-state index contributed by atoms with van der Waals surface area (Å²) in [7, 11) is 0. The van der Waals surface area contributed by atoms with Crippen LogP contribution in [0.2, 0.25) is 0 Å². The third-order valence-corrected chi connectivity index (χ3v) is 4.42. The fourth-order valence-electron chi connectivity index (χ4n) is 3.06. The van der Waals surface area contributed by atoms with Crippen LogP contribution >= 0.6 is 0 Å². The van der Waals surface area contributed by atoms with E-state index in [1.807, 2.05) is 24.3 Å². The van der Waals surface area contributed by atoms with E-state index in [9.17, 15) is 4.79 Å². The number of benzene rings is 2. The maximum absolute atomic E-state index is 11.0. The highest BCUT2D eigenvalue weighted by molar-refractivity contribution is 5.90. The van der Waals surface area contributed by atoms with Crippen LogP contribution in [0.15, 0.2) is 54.6 Å². The highest BCUT2D eigenvalue weighted by Gasteiger charge is 2.07. The van der Waals surface area contributed by atoms with Crippen LogP contribution in [-0.2, 0) is 17.8 Å².